The third-order valence-electron chi connectivity index (χ3n) is 5.14. The summed E-state index contributed by atoms with van der Waals surface area (Å²) in [4.78, 5) is 50.9. The van der Waals surface area contributed by atoms with Gasteiger partial charge in [-0.05, 0) is 24.0 Å². The molecular formula is C23H23NO6. The highest BCUT2D eigenvalue weighted by Gasteiger charge is 2.57. The van der Waals surface area contributed by atoms with Crippen LogP contribution >= 0.6 is 0 Å². The van der Waals surface area contributed by atoms with Crippen molar-refractivity contribution >= 4 is 23.6 Å². The Hall–Kier alpha value is -3.48. The molecule has 0 radical (unpaired) electrons. The van der Waals surface area contributed by atoms with Crippen LogP contribution in [0.25, 0.3) is 0 Å². The number of ketones is 2. The minimum absolute atomic E-state index is 0.0108. The molecule has 7 heteroatoms. The Balaban J connectivity index is 2.12. The van der Waals surface area contributed by atoms with Gasteiger partial charge < -0.3 is 9.84 Å². The van der Waals surface area contributed by atoms with Crippen LogP contribution in [0.15, 0.2) is 42.5 Å². The molecule has 0 saturated heterocycles. The van der Waals surface area contributed by atoms with Gasteiger partial charge in [0.05, 0.1) is 0 Å². The summed E-state index contributed by atoms with van der Waals surface area (Å²) in [7, 11) is 0. The van der Waals surface area contributed by atoms with Crippen molar-refractivity contribution in [2.75, 3.05) is 0 Å². The predicted octanol–water partition coefficient (Wildman–Crippen LogP) is 3.84. The summed E-state index contributed by atoms with van der Waals surface area (Å²) in [5.74, 6) is -2.39. The van der Waals surface area contributed by atoms with Crippen LogP contribution in [0.2, 0.25) is 0 Å². The average Bonchev–Trinajstić information content (AvgIpc) is 2.90. The number of aromatic hydroxyl groups is 1. The summed E-state index contributed by atoms with van der Waals surface area (Å²) >= 11 is 0. The predicted molar refractivity (Wildman–Crippen MR) is 109 cm³/mol. The Morgan fingerprint density at radius 3 is 2.17 bits per heavy atom. The second kappa shape index (κ2) is 8.10. The molecule has 0 fully saturated rings. The normalized spacial score (nSPS) is 14.5. The standard InChI is InChI=1S/C23H23NO6/c1-4-7-19(26)30-22(29)24-23(17-11-10-14(13(2)3)12-18(17)25)20(27)15-8-5-6-9-16(15)21(23)28/h5-6,8-13,25H,4,7H2,1-3H3,(H,24,29). The van der Waals surface area contributed by atoms with Crippen LogP contribution in [0.1, 0.15) is 71.4 Å². The number of carbonyl (C=O) groups excluding carboxylic acids is 4. The number of esters is 1. The molecule has 0 heterocycles. The van der Waals surface area contributed by atoms with Crippen molar-refractivity contribution in [3.05, 3.63) is 64.7 Å². The molecule has 0 aromatic heterocycles. The van der Waals surface area contributed by atoms with Gasteiger partial charge in [-0.15, -0.1) is 0 Å². The number of amides is 1. The Morgan fingerprint density at radius 2 is 1.67 bits per heavy atom. The maximum atomic E-state index is 13.4. The summed E-state index contributed by atoms with van der Waals surface area (Å²) in [5.41, 5.74) is -1.25. The molecule has 1 amide bonds. The van der Waals surface area contributed by atoms with E-state index in [1.807, 2.05) is 13.8 Å². The number of Topliss-reactive ketones (excluding diaryl/α,β-unsaturated/α-hetero) is 2. The van der Waals surface area contributed by atoms with Crippen LogP contribution in [-0.4, -0.2) is 28.7 Å². The molecule has 0 spiro atoms. The Labute approximate surface area is 174 Å². The molecule has 7 nitrogen and oxygen atoms in total. The summed E-state index contributed by atoms with van der Waals surface area (Å²) in [6, 6.07) is 10.7. The first-order valence-electron chi connectivity index (χ1n) is 9.77. The second-order valence-corrected chi connectivity index (χ2v) is 7.52. The fourth-order valence-electron chi connectivity index (χ4n) is 3.57. The van der Waals surface area contributed by atoms with E-state index in [0.717, 1.165) is 5.56 Å². The molecular weight excluding hydrogens is 386 g/mol. The highest BCUT2D eigenvalue weighted by Crippen LogP contribution is 2.42. The Bertz CT molecular complexity index is 1000. The SMILES string of the molecule is CCCC(=O)OC(=O)NC1(c2ccc(C(C)C)cc2O)C(=O)c2ccccc2C1=O. The summed E-state index contributed by atoms with van der Waals surface area (Å²) in [5, 5.41) is 13.0. The number of phenolic OH excluding ortho intramolecular Hbond substituents is 1. The number of ether oxygens (including phenoxy) is 1. The van der Waals surface area contributed by atoms with Gasteiger partial charge in [-0.3, -0.25) is 19.7 Å². The smallest absolute Gasteiger partial charge is 0.416 e. The van der Waals surface area contributed by atoms with Crippen molar-refractivity contribution in [1.29, 1.82) is 0 Å². The van der Waals surface area contributed by atoms with Gasteiger partial charge >= 0.3 is 12.1 Å². The molecule has 0 aliphatic heterocycles. The highest BCUT2D eigenvalue weighted by atomic mass is 16.6. The van der Waals surface area contributed by atoms with E-state index in [-0.39, 0.29) is 34.8 Å². The number of fused-ring (bicyclic) bond motifs is 1. The summed E-state index contributed by atoms with van der Waals surface area (Å²) in [6.45, 7) is 5.61. The van der Waals surface area contributed by atoms with E-state index in [1.54, 1.807) is 25.1 Å². The minimum Gasteiger partial charge on any atom is -0.508 e. The van der Waals surface area contributed by atoms with Gasteiger partial charge in [-0.2, -0.15) is 0 Å². The van der Waals surface area contributed by atoms with Crippen LogP contribution in [0.3, 0.4) is 0 Å². The van der Waals surface area contributed by atoms with Gasteiger partial charge in [0.2, 0.25) is 11.6 Å². The number of phenols is 1. The number of carbonyl (C=O) groups is 4. The maximum absolute atomic E-state index is 13.4. The number of benzene rings is 2. The number of alkyl carbamates (subject to hydrolysis) is 1. The lowest BCUT2D eigenvalue weighted by Gasteiger charge is -2.28. The molecule has 1 aliphatic carbocycles. The molecule has 156 valence electrons. The number of rotatable bonds is 5. The van der Waals surface area contributed by atoms with E-state index in [1.165, 1.54) is 24.3 Å². The fourth-order valence-corrected chi connectivity index (χ4v) is 3.57. The lowest BCUT2D eigenvalue weighted by molar-refractivity contribution is -0.137. The van der Waals surface area contributed by atoms with Crippen LogP contribution < -0.4 is 5.32 Å². The Morgan fingerprint density at radius 1 is 1.07 bits per heavy atom. The molecule has 0 bridgehead atoms. The van der Waals surface area contributed by atoms with Crippen molar-refractivity contribution in [3.8, 4) is 5.75 Å². The van der Waals surface area contributed by atoms with Gasteiger partial charge in [-0.25, -0.2) is 4.79 Å². The van der Waals surface area contributed by atoms with Crippen LogP contribution in [0.4, 0.5) is 4.79 Å². The number of hydrogen-bond donors (Lipinski definition) is 2. The van der Waals surface area contributed by atoms with Crippen LogP contribution in [-0.2, 0) is 15.1 Å². The molecule has 0 unspecified atom stereocenters. The maximum Gasteiger partial charge on any atom is 0.416 e. The molecule has 3 rings (SSSR count). The van der Waals surface area contributed by atoms with Gasteiger partial charge in [0.1, 0.15) is 5.75 Å². The van der Waals surface area contributed by atoms with Gasteiger partial charge in [0, 0.05) is 23.1 Å². The Kier molecular flexibility index (Phi) is 5.73. The van der Waals surface area contributed by atoms with E-state index in [4.69, 9.17) is 4.74 Å². The van der Waals surface area contributed by atoms with Crippen molar-refractivity contribution in [2.24, 2.45) is 0 Å². The van der Waals surface area contributed by atoms with E-state index in [2.05, 4.69) is 5.32 Å². The van der Waals surface area contributed by atoms with Gasteiger partial charge in [0.25, 0.3) is 0 Å². The highest BCUT2D eigenvalue weighted by molar-refractivity contribution is 6.33. The minimum atomic E-state index is -2.22. The van der Waals surface area contributed by atoms with Crippen molar-refractivity contribution < 1.29 is 29.0 Å². The largest absolute Gasteiger partial charge is 0.508 e. The molecule has 2 aromatic carbocycles. The molecule has 2 N–H and O–H groups in total. The van der Waals surface area contributed by atoms with Crippen LogP contribution in [0, 0.1) is 0 Å². The zero-order chi connectivity index (χ0) is 22.1. The van der Waals surface area contributed by atoms with Gasteiger partial charge in [-0.1, -0.05) is 57.2 Å². The van der Waals surface area contributed by atoms with E-state index in [9.17, 15) is 24.3 Å². The summed E-state index contributed by atoms with van der Waals surface area (Å²) in [6.07, 6.45) is -0.746. The second-order valence-electron chi connectivity index (χ2n) is 7.52. The first kappa shape index (κ1) is 21.2. The third-order valence-corrected chi connectivity index (χ3v) is 5.14. The molecule has 0 atom stereocenters. The third kappa shape index (κ3) is 3.47. The molecule has 30 heavy (non-hydrogen) atoms. The molecule has 1 aliphatic rings. The lowest BCUT2D eigenvalue weighted by Crippen LogP contribution is -2.54. The number of hydrogen-bond acceptors (Lipinski definition) is 6. The van der Waals surface area contributed by atoms with Crippen molar-refractivity contribution in [3.63, 3.8) is 0 Å². The zero-order valence-electron chi connectivity index (χ0n) is 17.0. The van der Waals surface area contributed by atoms with E-state index in [0.29, 0.717) is 6.42 Å². The monoisotopic (exact) mass is 409 g/mol. The fraction of sp³-hybridized carbons (Fsp3) is 0.304. The van der Waals surface area contributed by atoms with E-state index >= 15 is 0 Å². The average molecular weight is 409 g/mol. The topological polar surface area (TPSA) is 110 Å². The molecule has 0 saturated carbocycles. The van der Waals surface area contributed by atoms with Crippen LogP contribution in [0.5, 0.6) is 5.75 Å². The number of nitrogens with one attached hydrogen (secondary N) is 1. The quantitative estimate of drug-likeness (QED) is 0.573. The van der Waals surface area contributed by atoms with Crippen molar-refractivity contribution in [2.45, 2.75) is 45.1 Å². The van der Waals surface area contributed by atoms with Gasteiger partial charge in [0.15, 0.2) is 5.54 Å². The first-order valence-corrected chi connectivity index (χ1v) is 9.77. The first-order chi connectivity index (χ1) is 14.2. The lowest BCUT2D eigenvalue weighted by atomic mass is 9.83. The summed E-state index contributed by atoms with van der Waals surface area (Å²) < 4.78 is 4.72. The van der Waals surface area contributed by atoms with Crippen molar-refractivity contribution in [1.82, 2.24) is 5.32 Å². The zero-order valence-corrected chi connectivity index (χ0v) is 17.0. The molecule has 2 aromatic rings. The van der Waals surface area contributed by atoms with E-state index < -0.39 is 29.2 Å².